The SMILES string of the molecule is CCc1ccc(N2C(=O)CS[C@H]2c2cc(OC)ccc2OC)cc1. The Bertz CT molecular complexity index is 730. The van der Waals surface area contributed by atoms with Crippen LogP contribution in [0.5, 0.6) is 11.5 Å². The van der Waals surface area contributed by atoms with Gasteiger partial charge in [-0.15, -0.1) is 11.8 Å². The van der Waals surface area contributed by atoms with E-state index in [4.69, 9.17) is 9.47 Å². The van der Waals surface area contributed by atoms with Crippen molar-refractivity contribution in [2.24, 2.45) is 0 Å². The molecule has 1 amide bonds. The van der Waals surface area contributed by atoms with Crippen molar-refractivity contribution in [3.8, 4) is 11.5 Å². The van der Waals surface area contributed by atoms with Crippen molar-refractivity contribution >= 4 is 23.4 Å². The Labute approximate surface area is 146 Å². The number of carbonyl (C=O) groups is 1. The summed E-state index contributed by atoms with van der Waals surface area (Å²) in [6.07, 6.45) is 0.982. The van der Waals surface area contributed by atoms with Gasteiger partial charge in [0.05, 0.1) is 20.0 Å². The first-order chi connectivity index (χ1) is 11.7. The van der Waals surface area contributed by atoms with E-state index in [9.17, 15) is 4.79 Å². The first-order valence-electron chi connectivity index (χ1n) is 7.92. The lowest BCUT2D eigenvalue weighted by Gasteiger charge is -2.26. The second-order valence-corrected chi connectivity index (χ2v) is 6.62. The maximum Gasteiger partial charge on any atom is 0.238 e. The quantitative estimate of drug-likeness (QED) is 0.821. The third kappa shape index (κ3) is 3.08. The van der Waals surface area contributed by atoms with E-state index in [1.807, 2.05) is 35.2 Å². The van der Waals surface area contributed by atoms with Crippen molar-refractivity contribution in [3.63, 3.8) is 0 Å². The molecule has 0 aromatic heterocycles. The average Bonchev–Trinajstić information content (AvgIpc) is 3.02. The van der Waals surface area contributed by atoms with Crippen molar-refractivity contribution in [1.29, 1.82) is 0 Å². The largest absolute Gasteiger partial charge is 0.497 e. The molecule has 1 heterocycles. The van der Waals surface area contributed by atoms with Crippen molar-refractivity contribution in [1.82, 2.24) is 0 Å². The summed E-state index contributed by atoms with van der Waals surface area (Å²) < 4.78 is 10.9. The molecule has 1 atom stereocenters. The topological polar surface area (TPSA) is 38.8 Å². The van der Waals surface area contributed by atoms with Crippen LogP contribution in [-0.4, -0.2) is 25.9 Å². The van der Waals surface area contributed by atoms with E-state index in [1.165, 1.54) is 5.56 Å². The molecule has 0 bridgehead atoms. The fourth-order valence-electron chi connectivity index (χ4n) is 2.86. The third-order valence-corrected chi connectivity index (χ3v) is 5.39. The van der Waals surface area contributed by atoms with Crippen LogP contribution in [-0.2, 0) is 11.2 Å². The zero-order valence-electron chi connectivity index (χ0n) is 14.1. The van der Waals surface area contributed by atoms with Gasteiger partial charge in [-0.25, -0.2) is 0 Å². The minimum atomic E-state index is -0.116. The van der Waals surface area contributed by atoms with Crippen LogP contribution in [0.2, 0.25) is 0 Å². The molecule has 0 unspecified atom stereocenters. The Balaban J connectivity index is 2.01. The highest BCUT2D eigenvalue weighted by Gasteiger charge is 2.35. The van der Waals surface area contributed by atoms with Crippen LogP contribution < -0.4 is 14.4 Å². The van der Waals surface area contributed by atoms with Crippen LogP contribution in [0.3, 0.4) is 0 Å². The number of hydrogen-bond donors (Lipinski definition) is 0. The van der Waals surface area contributed by atoms with Gasteiger partial charge in [-0.2, -0.15) is 0 Å². The number of nitrogens with zero attached hydrogens (tertiary/aromatic N) is 1. The number of amides is 1. The summed E-state index contributed by atoms with van der Waals surface area (Å²) in [6.45, 7) is 2.12. The normalized spacial score (nSPS) is 17.2. The van der Waals surface area contributed by atoms with Gasteiger partial charge in [0, 0.05) is 11.3 Å². The lowest BCUT2D eigenvalue weighted by molar-refractivity contribution is -0.115. The fraction of sp³-hybridized carbons (Fsp3) is 0.316. The van der Waals surface area contributed by atoms with Crippen LogP contribution in [0, 0.1) is 0 Å². The van der Waals surface area contributed by atoms with E-state index in [1.54, 1.807) is 26.0 Å². The molecular formula is C19H21NO3S. The Morgan fingerprint density at radius 2 is 1.88 bits per heavy atom. The summed E-state index contributed by atoms with van der Waals surface area (Å²) in [6, 6.07) is 13.9. The number of thioether (sulfide) groups is 1. The van der Waals surface area contributed by atoms with E-state index in [2.05, 4.69) is 19.1 Å². The maximum atomic E-state index is 12.5. The fourth-order valence-corrected chi connectivity index (χ4v) is 4.05. The number of methoxy groups -OCH3 is 2. The van der Waals surface area contributed by atoms with E-state index in [-0.39, 0.29) is 11.3 Å². The van der Waals surface area contributed by atoms with Gasteiger partial charge >= 0.3 is 0 Å². The zero-order chi connectivity index (χ0) is 17.1. The highest BCUT2D eigenvalue weighted by molar-refractivity contribution is 8.00. The molecule has 5 heteroatoms. The number of anilines is 1. The molecule has 1 aliphatic rings. The molecule has 1 fully saturated rings. The van der Waals surface area contributed by atoms with Crippen molar-refractivity contribution in [2.45, 2.75) is 18.7 Å². The molecular weight excluding hydrogens is 322 g/mol. The molecule has 2 aromatic carbocycles. The van der Waals surface area contributed by atoms with Crippen LogP contribution in [0.15, 0.2) is 42.5 Å². The smallest absolute Gasteiger partial charge is 0.238 e. The average molecular weight is 343 g/mol. The van der Waals surface area contributed by atoms with E-state index < -0.39 is 0 Å². The summed E-state index contributed by atoms with van der Waals surface area (Å²) in [5, 5.41) is -0.116. The van der Waals surface area contributed by atoms with E-state index in [0.717, 1.165) is 29.2 Å². The monoisotopic (exact) mass is 343 g/mol. The molecule has 4 nitrogen and oxygen atoms in total. The highest BCUT2D eigenvalue weighted by Crippen LogP contribution is 2.45. The molecule has 3 rings (SSSR count). The minimum Gasteiger partial charge on any atom is -0.497 e. The van der Waals surface area contributed by atoms with Gasteiger partial charge in [0.15, 0.2) is 0 Å². The zero-order valence-corrected chi connectivity index (χ0v) is 14.9. The van der Waals surface area contributed by atoms with Gasteiger partial charge in [-0.05, 0) is 42.3 Å². The first kappa shape index (κ1) is 16.7. The van der Waals surface area contributed by atoms with Crippen LogP contribution >= 0.6 is 11.8 Å². The Hall–Kier alpha value is -2.14. The summed E-state index contributed by atoms with van der Waals surface area (Å²) in [7, 11) is 3.28. The van der Waals surface area contributed by atoms with Gasteiger partial charge in [0.1, 0.15) is 16.9 Å². The van der Waals surface area contributed by atoms with Crippen molar-refractivity contribution in [3.05, 3.63) is 53.6 Å². The molecule has 2 aromatic rings. The minimum absolute atomic E-state index is 0.110. The number of carbonyl (C=O) groups excluding carboxylic acids is 1. The predicted octanol–water partition coefficient (Wildman–Crippen LogP) is 4.04. The van der Waals surface area contributed by atoms with Crippen LogP contribution in [0.25, 0.3) is 0 Å². The first-order valence-corrected chi connectivity index (χ1v) is 8.97. The lowest BCUT2D eigenvalue weighted by Crippen LogP contribution is -2.28. The van der Waals surface area contributed by atoms with E-state index >= 15 is 0 Å². The number of hydrogen-bond acceptors (Lipinski definition) is 4. The van der Waals surface area contributed by atoms with Gasteiger partial charge in [-0.1, -0.05) is 19.1 Å². The van der Waals surface area contributed by atoms with Gasteiger partial charge < -0.3 is 9.47 Å². The third-order valence-electron chi connectivity index (χ3n) is 4.19. The predicted molar refractivity (Wildman–Crippen MR) is 98.1 cm³/mol. The molecule has 1 aliphatic heterocycles. The van der Waals surface area contributed by atoms with Crippen molar-refractivity contribution in [2.75, 3.05) is 24.9 Å². The maximum absolute atomic E-state index is 12.5. The van der Waals surface area contributed by atoms with Gasteiger partial charge in [-0.3, -0.25) is 9.69 Å². The lowest BCUT2D eigenvalue weighted by atomic mass is 10.1. The number of aryl methyl sites for hydroxylation is 1. The number of benzene rings is 2. The highest BCUT2D eigenvalue weighted by atomic mass is 32.2. The van der Waals surface area contributed by atoms with E-state index in [0.29, 0.717) is 5.75 Å². The molecule has 0 saturated carbocycles. The second-order valence-electron chi connectivity index (χ2n) is 5.55. The van der Waals surface area contributed by atoms with Gasteiger partial charge in [0.2, 0.25) is 5.91 Å². The Morgan fingerprint density at radius 3 is 2.50 bits per heavy atom. The molecule has 0 aliphatic carbocycles. The van der Waals surface area contributed by atoms with Crippen LogP contribution in [0.4, 0.5) is 5.69 Å². The molecule has 126 valence electrons. The van der Waals surface area contributed by atoms with Crippen molar-refractivity contribution < 1.29 is 14.3 Å². The molecule has 24 heavy (non-hydrogen) atoms. The summed E-state index contributed by atoms with van der Waals surface area (Å²) in [4.78, 5) is 14.3. The Kier molecular flexibility index (Phi) is 5.00. The molecule has 0 N–H and O–H groups in total. The molecule has 0 radical (unpaired) electrons. The number of ether oxygens (including phenoxy) is 2. The summed E-state index contributed by atoms with van der Waals surface area (Å²) >= 11 is 1.61. The van der Waals surface area contributed by atoms with Crippen LogP contribution in [0.1, 0.15) is 23.4 Å². The number of rotatable bonds is 5. The standard InChI is InChI=1S/C19H21NO3S/c1-4-13-5-7-14(8-6-13)20-18(21)12-24-19(20)16-11-15(22-2)9-10-17(16)23-3/h5-11,19H,4,12H2,1-3H3/t19-/m0/s1. The van der Waals surface area contributed by atoms with Gasteiger partial charge in [0.25, 0.3) is 0 Å². The second kappa shape index (κ2) is 7.18. The molecule has 0 spiro atoms. The summed E-state index contributed by atoms with van der Waals surface area (Å²) in [5.74, 6) is 2.09. The Morgan fingerprint density at radius 1 is 1.12 bits per heavy atom. The molecule has 1 saturated heterocycles. The summed E-state index contributed by atoms with van der Waals surface area (Å²) in [5.41, 5.74) is 3.12.